The summed E-state index contributed by atoms with van der Waals surface area (Å²) in [7, 11) is 0. The van der Waals surface area contributed by atoms with E-state index >= 15 is 0 Å². The zero-order valence-electron chi connectivity index (χ0n) is 11.0. The smallest absolute Gasteiger partial charge is 0.334 e. The van der Waals surface area contributed by atoms with Crippen LogP contribution in [-0.4, -0.2) is 23.3 Å². The topological polar surface area (TPSA) is 46.5 Å². The third-order valence-corrected chi connectivity index (χ3v) is 4.87. The highest BCUT2D eigenvalue weighted by Gasteiger charge is 2.50. The third-order valence-electron chi connectivity index (χ3n) is 4.87. The van der Waals surface area contributed by atoms with Gasteiger partial charge >= 0.3 is 5.97 Å². The molecule has 3 aliphatic rings. The molecule has 5 atom stereocenters. The molecule has 3 rings (SSSR count). The molecule has 98 valence electrons. The molecule has 0 spiro atoms. The maximum atomic E-state index is 11.6. The zero-order chi connectivity index (χ0) is 13.1. The maximum Gasteiger partial charge on any atom is 0.334 e. The molecule has 0 bridgehead atoms. The van der Waals surface area contributed by atoms with Gasteiger partial charge in [-0.25, -0.2) is 4.79 Å². The number of aliphatic hydroxyl groups excluding tert-OH is 1. The van der Waals surface area contributed by atoms with Gasteiger partial charge in [0.1, 0.15) is 6.10 Å². The minimum Gasteiger partial charge on any atom is -0.458 e. The Kier molecular flexibility index (Phi) is 2.46. The van der Waals surface area contributed by atoms with E-state index in [1.54, 1.807) is 0 Å². The van der Waals surface area contributed by atoms with Gasteiger partial charge in [0.25, 0.3) is 0 Å². The number of fused-ring (bicyclic) bond motifs is 2. The first-order valence-electron chi connectivity index (χ1n) is 6.71. The van der Waals surface area contributed by atoms with Crippen molar-refractivity contribution in [2.75, 3.05) is 0 Å². The first kappa shape index (κ1) is 12.0. The van der Waals surface area contributed by atoms with Crippen LogP contribution in [0.3, 0.4) is 0 Å². The zero-order valence-corrected chi connectivity index (χ0v) is 11.0. The third kappa shape index (κ3) is 1.57. The molecule has 0 radical (unpaired) electrons. The van der Waals surface area contributed by atoms with Crippen LogP contribution in [0.5, 0.6) is 0 Å². The molecule has 0 aromatic heterocycles. The Balaban J connectivity index is 2.00. The quantitative estimate of drug-likeness (QED) is 0.406. The second-order valence-electron chi connectivity index (χ2n) is 6.38. The molecule has 0 aromatic carbocycles. The van der Waals surface area contributed by atoms with Gasteiger partial charge in [-0.2, -0.15) is 0 Å². The van der Waals surface area contributed by atoms with Crippen LogP contribution >= 0.6 is 0 Å². The van der Waals surface area contributed by atoms with E-state index in [0.717, 1.165) is 19.3 Å². The molecule has 2 fully saturated rings. The first-order chi connectivity index (χ1) is 8.40. The van der Waals surface area contributed by atoms with Gasteiger partial charge in [0, 0.05) is 11.5 Å². The maximum absolute atomic E-state index is 11.6. The number of rotatable bonds is 0. The number of allylic oxidation sites excluding steroid dienone is 1. The van der Waals surface area contributed by atoms with Crippen molar-refractivity contribution in [1.29, 1.82) is 0 Å². The summed E-state index contributed by atoms with van der Waals surface area (Å²) >= 11 is 0. The summed E-state index contributed by atoms with van der Waals surface area (Å²) in [5, 5.41) is 9.98. The predicted octanol–water partition coefficient (Wildman–Crippen LogP) is 2.21. The van der Waals surface area contributed by atoms with E-state index < -0.39 is 0 Å². The molecule has 5 unspecified atom stereocenters. The second kappa shape index (κ2) is 3.70. The summed E-state index contributed by atoms with van der Waals surface area (Å²) in [6.07, 6.45) is 4.29. The molecule has 3 heteroatoms. The second-order valence-corrected chi connectivity index (χ2v) is 6.38. The van der Waals surface area contributed by atoms with Crippen molar-refractivity contribution in [3.8, 4) is 0 Å². The van der Waals surface area contributed by atoms with E-state index in [0.29, 0.717) is 11.5 Å². The van der Waals surface area contributed by atoms with Gasteiger partial charge in [-0.1, -0.05) is 32.1 Å². The van der Waals surface area contributed by atoms with Crippen LogP contribution in [0.2, 0.25) is 0 Å². The van der Waals surface area contributed by atoms with E-state index in [2.05, 4.69) is 26.5 Å². The molecule has 1 heterocycles. The molecular weight excluding hydrogens is 228 g/mol. The number of ether oxygens (including phenoxy) is 1. The lowest BCUT2D eigenvalue weighted by molar-refractivity contribution is -0.140. The fourth-order valence-electron chi connectivity index (χ4n) is 4.08. The lowest BCUT2D eigenvalue weighted by Gasteiger charge is -2.47. The van der Waals surface area contributed by atoms with Crippen LogP contribution in [-0.2, 0) is 9.53 Å². The van der Waals surface area contributed by atoms with Crippen LogP contribution in [0.25, 0.3) is 0 Å². The molecule has 2 aliphatic carbocycles. The Labute approximate surface area is 108 Å². The van der Waals surface area contributed by atoms with Gasteiger partial charge in [-0.05, 0) is 30.6 Å². The number of carbonyl (C=O) groups is 1. The molecule has 0 aromatic rings. The van der Waals surface area contributed by atoms with Crippen molar-refractivity contribution in [2.45, 2.75) is 45.3 Å². The largest absolute Gasteiger partial charge is 0.458 e. The number of aliphatic hydroxyl groups is 1. The molecule has 3 nitrogen and oxygen atoms in total. The molecule has 1 N–H and O–H groups in total. The summed E-state index contributed by atoms with van der Waals surface area (Å²) in [5.74, 6) is 0.179. The minimum atomic E-state index is -0.253. The van der Waals surface area contributed by atoms with E-state index in [9.17, 15) is 9.90 Å². The van der Waals surface area contributed by atoms with Gasteiger partial charge in [-0.15, -0.1) is 0 Å². The number of hydrogen-bond donors (Lipinski definition) is 1. The van der Waals surface area contributed by atoms with E-state index in [1.165, 1.54) is 5.57 Å². The van der Waals surface area contributed by atoms with Crippen LogP contribution < -0.4 is 0 Å². The normalized spacial score (nSPS) is 47.2. The van der Waals surface area contributed by atoms with Crippen LogP contribution in [0.4, 0.5) is 0 Å². The Morgan fingerprint density at radius 3 is 2.94 bits per heavy atom. The van der Waals surface area contributed by atoms with Crippen molar-refractivity contribution in [3.05, 3.63) is 23.8 Å². The molecule has 0 amide bonds. The highest BCUT2D eigenvalue weighted by molar-refractivity contribution is 5.91. The Morgan fingerprint density at radius 2 is 2.22 bits per heavy atom. The van der Waals surface area contributed by atoms with E-state index in [-0.39, 0.29) is 29.5 Å². The van der Waals surface area contributed by atoms with Gasteiger partial charge in [0.05, 0.1) is 6.10 Å². The van der Waals surface area contributed by atoms with Crippen LogP contribution in [0.15, 0.2) is 23.8 Å². The van der Waals surface area contributed by atoms with Crippen molar-refractivity contribution in [3.63, 3.8) is 0 Å². The average molecular weight is 248 g/mol. The van der Waals surface area contributed by atoms with Crippen LogP contribution in [0.1, 0.15) is 33.1 Å². The van der Waals surface area contributed by atoms with Crippen molar-refractivity contribution < 1.29 is 14.6 Å². The number of esters is 1. The van der Waals surface area contributed by atoms with E-state index in [4.69, 9.17) is 4.74 Å². The predicted molar refractivity (Wildman–Crippen MR) is 67.7 cm³/mol. The lowest BCUT2D eigenvalue weighted by Crippen LogP contribution is -2.42. The van der Waals surface area contributed by atoms with E-state index in [1.807, 2.05) is 0 Å². The molecule has 1 saturated carbocycles. The summed E-state index contributed by atoms with van der Waals surface area (Å²) in [4.78, 5) is 11.6. The highest BCUT2D eigenvalue weighted by atomic mass is 16.6. The number of hydrogen-bond acceptors (Lipinski definition) is 3. The molecule has 18 heavy (non-hydrogen) atoms. The van der Waals surface area contributed by atoms with Gasteiger partial charge in [0.15, 0.2) is 0 Å². The van der Waals surface area contributed by atoms with Crippen molar-refractivity contribution in [2.24, 2.45) is 17.3 Å². The standard InChI is InChI=1S/C15H20O3/c1-8-4-10(16)6-15(3)7-13-11(5-12(8)15)9(2)14(17)18-13/h5,8,10-11,13,16H,2,4,6-7H2,1,3H3. The van der Waals surface area contributed by atoms with Crippen LogP contribution in [0, 0.1) is 17.3 Å². The molecular formula is C15H20O3. The fourth-order valence-corrected chi connectivity index (χ4v) is 4.08. The monoisotopic (exact) mass is 248 g/mol. The average Bonchev–Trinajstić information content (AvgIpc) is 2.50. The Hall–Kier alpha value is -1.09. The van der Waals surface area contributed by atoms with Gasteiger partial charge < -0.3 is 9.84 Å². The van der Waals surface area contributed by atoms with Gasteiger partial charge in [0.2, 0.25) is 0 Å². The highest BCUT2D eigenvalue weighted by Crippen LogP contribution is 2.53. The summed E-state index contributed by atoms with van der Waals surface area (Å²) in [5.41, 5.74) is 1.95. The fraction of sp³-hybridized carbons (Fsp3) is 0.667. The molecule has 1 aliphatic heterocycles. The first-order valence-corrected chi connectivity index (χ1v) is 6.71. The van der Waals surface area contributed by atoms with Gasteiger partial charge in [-0.3, -0.25) is 0 Å². The SMILES string of the molecule is C=C1C(=O)OC2CC3(C)CC(O)CC(C)C3=CC12. The lowest BCUT2D eigenvalue weighted by atomic mass is 9.59. The summed E-state index contributed by atoms with van der Waals surface area (Å²) < 4.78 is 5.40. The Bertz CT molecular complexity index is 451. The van der Waals surface area contributed by atoms with Crippen molar-refractivity contribution >= 4 is 5.97 Å². The molecule has 1 saturated heterocycles. The Morgan fingerprint density at radius 1 is 1.50 bits per heavy atom. The summed E-state index contributed by atoms with van der Waals surface area (Å²) in [6.45, 7) is 8.19. The van der Waals surface area contributed by atoms with Crippen molar-refractivity contribution in [1.82, 2.24) is 0 Å². The summed E-state index contributed by atoms with van der Waals surface area (Å²) in [6, 6.07) is 0. The minimum absolute atomic E-state index is 0.0247. The number of carbonyl (C=O) groups excluding carboxylic acids is 1.